The lowest BCUT2D eigenvalue weighted by Gasteiger charge is -2.32. The normalized spacial score (nSPS) is 22.6. The van der Waals surface area contributed by atoms with Gasteiger partial charge in [0.15, 0.2) is 0 Å². The first kappa shape index (κ1) is 19.3. The van der Waals surface area contributed by atoms with E-state index in [-0.39, 0.29) is 35.9 Å². The van der Waals surface area contributed by atoms with Crippen molar-refractivity contribution in [2.24, 2.45) is 0 Å². The minimum atomic E-state index is -0.622. The SMILES string of the molecule is COC(=O)c1[nH]c2ccc(F)cc2c1NC(=O)CC[NH+]1C[C@@H](C)O[C@H](C)C1. The van der Waals surface area contributed by atoms with Gasteiger partial charge in [0, 0.05) is 10.9 Å². The van der Waals surface area contributed by atoms with E-state index in [1.807, 2.05) is 13.8 Å². The van der Waals surface area contributed by atoms with Crippen molar-refractivity contribution in [2.45, 2.75) is 32.5 Å². The summed E-state index contributed by atoms with van der Waals surface area (Å²) in [5, 5.41) is 3.19. The zero-order chi connectivity index (χ0) is 19.6. The molecular formula is C19H25FN3O4+. The van der Waals surface area contributed by atoms with E-state index in [2.05, 4.69) is 10.3 Å². The summed E-state index contributed by atoms with van der Waals surface area (Å²) in [6.45, 7) is 6.42. The first-order valence-electron chi connectivity index (χ1n) is 9.05. The largest absolute Gasteiger partial charge is 0.464 e. The van der Waals surface area contributed by atoms with Crippen LogP contribution in [-0.2, 0) is 14.3 Å². The van der Waals surface area contributed by atoms with Gasteiger partial charge in [-0.2, -0.15) is 0 Å². The Labute approximate surface area is 156 Å². The van der Waals surface area contributed by atoms with Crippen LogP contribution in [0.4, 0.5) is 10.1 Å². The molecule has 1 saturated heterocycles. The van der Waals surface area contributed by atoms with Crippen molar-refractivity contribution >= 4 is 28.5 Å². The van der Waals surface area contributed by atoms with Crippen LogP contribution in [0.5, 0.6) is 0 Å². The average Bonchev–Trinajstić information content (AvgIpc) is 2.96. The van der Waals surface area contributed by atoms with Gasteiger partial charge in [-0.05, 0) is 32.0 Å². The highest BCUT2D eigenvalue weighted by Crippen LogP contribution is 2.29. The Morgan fingerprint density at radius 1 is 1.33 bits per heavy atom. The number of ether oxygens (including phenoxy) is 2. The third-order valence-corrected chi connectivity index (χ3v) is 4.74. The van der Waals surface area contributed by atoms with Crippen LogP contribution in [-0.4, -0.2) is 55.8 Å². The number of rotatable bonds is 5. The number of H-pyrrole nitrogens is 1. The number of amides is 1. The zero-order valence-electron chi connectivity index (χ0n) is 15.7. The number of quaternary nitrogens is 1. The van der Waals surface area contributed by atoms with Crippen LogP contribution in [0.1, 0.15) is 30.8 Å². The Morgan fingerprint density at radius 2 is 2.04 bits per heavy atom. The Balaban J connectivity index is 1.74. The smallest absolute Gasteiger partial charge is 0.356 e. The van der Waals surface area contributed by atoms with Crippen LogP contribution in [0.2, 0.25) is 0 Å². The maximum absolute atomic E-state index is 13.7. The van der Waals surface area contributed by atoms with Crippen LogP contribution < -0.4 is 10.2 Å². The molecule has 0 bridgehead atoms. The highest BCUT2D eigenvalue weighted by Gasteiger charge is 2.26. The van der Waals surface area contributed by atoms with Gasteiger partial charge in [0.05, 0.1) is 25.8 Å². The molecule has 8 heteroatoms. The summed E-state index contributed by atoms with van der Waals surface area (Å²) >= 11 is 0. The topological polar surface area (TPSA) is 84.9 Å². The quantitative estimate of drug-likeness (QED) is 0.681. The molecule has 1 aliphatic heterocycles. The molecule has 0 aliphatic carbocycles. The molecule has 1 aromatic carbocycles. The average molecular weight is 378 g/mol. The summed E-state index contributed by atoms with van der Waals surface area (Å²) in [4.78, 5) is 28.7. The van der Waals surface area contributed by atoms with Gasteiger partial charge in [-0.3, -0.25) is 4.79 Å². The van der Waals surface area contributed by atoms with Gasteiger partial charge in [0.25, 0.3) is 0 Å². The van der Waals surface area contributed by atoms with Crippen molar-refractivity contribution in [1.82, 2.24) is 4.98 Å². The number of nitrogens with one attached hydrogen (secondary N) is 3. The molecule has 3 N–H and O–H groups in total. The highest BCUT2D eigenvalue weighted by molar-refractivity contribution is 6.10. The Morgan fingerprint density at radius 3 is 2.70 bits per heavy atom. The van der Waals surface area contributed by atoms with Gasteiger partial charge in [-0.25, -0.2) is 9.18 Å². The number of halogens is 1. The molecule has 1 aromatic heterocycles. The maximum Gasteiger partial charge on any atom is 0.356 e. The number of hydrogen-bond acceptors (Lipinski definition) is 4. The molecule has 3 rings (SSSR count). The summed E-state index contributed by atoms with van der Waals surface area (Å²) in [5.41, 5.74) is 0.904. The molecule has 27 heavy (non-hydrogen) atoms. The number of fused-ring (bicyclic) bond motifs is 1. The number of aromatic amines is 1. The number of carbonyl (C=O) groups excluding carboxylic acids is 2. The lowest BCUT2D eigenvalue weighted by molar-refractivity contribution is -0.914. The second kappa shape index (κ2) is 8.06. The van der Waals surface area contributed by atoms with E-state index in [1.165, 1.54) is 30.2 Å². The fraction of sp³-hybridized carbons (Fsp3) is 0.474. The zero-order valence-corrected chi connectivity index (χ0v) is 15.7. The fourth-order valence-electron chi connectivity index (χ4n) is 3.63. The minimum Gasteiger partial charge on any atom is -0.464 e. The number of methoxy groups -OCH3 is 1. The second-order valence-electron chi connectivity index (χ2n) is 7.02. The molecular weight excluding hydrogens is 353 g/mol. The van der Waals surface area contributed by atoms with Crippen LogP contribution >= 0.6 is 0 Å². The lowest BCUT2D eigenvalue weighted by Crippen LogP contribution is -3.15. The Kier molecular flexibility index (Phi) is 5.76. The van der Waals surface area contributed by atoms with E-state index in [0.717, 1.165) is 13.1 Å². The van der Waals surface area contributed by atoms with Crippen molar-refractivity contribution in [2.75, 3.05) is 32.1 Å². The molecule has 0 saturated carbocycles. The summed E-state index contributed by atoms with van der Waals surface area (Å²) in [6, 6.07) is 4.09. The van der Waals surface area contributed by atoms with E-state index in [9.17, 15) is 14.0 Å². The predicted octanol–water partition coefficient (Wildman–Crippen LogP) is 1.11. The van der Waals surface area contributed by atoms with Crippen molar-refractivity contribution in [3.63, 3.8) is 0 Å². The molecule has 146 valence electrons. The van der Waals surface area contributed by atoms with E-state index in [1.54, 1.807) is 0 Å². The number of carbonyl (C=O) groups is 2. The third kappa shape index (κ3) is 4.45. The first-order chi connectivity index (χ1) is 12.9. The number of aromatic nitrogens is 1. The summed E-state index contributed by atoms with van der Waals surface area (Å²) in [7, 11) is 1.25. The monoisotopic (exact) mass is 378 g/mol. The molecule has 1 amide bonds. The summed E-state index contributed by atoms with van der Waals surface area (Å²) in [5.74, 6) is -1.30. The number of morpholine rings is 1. The number of anilines is 1. The van der Waals surface area contributed by atoms with E-state index >= 15 is 0 Å². The van der Waals surface area contributed by atoms with Crippen molar-refractivity contribution in [3.05, 3.63) is 29.7 Å². The van der Waals surface area contributed by atoms with Crippen molar-refractivity contribution in [1.29, 1.82) is 0 Å². The lowest BCUT2D eigenvalue weighted by atomic mass is 10.2. The predicted molar refractivity (Wildman–Crippen MR) is 98.4 cm³/mol. The first-order valence-corrected chi connectivity index (χ1v) is 9.05. The fourth-order valence-corrected chi connectivity index (χ4v) is 3.63. The van der Waals surface area contributed by atoms with Gasteiger partial charge >= 0.3 is 5.97 Å². The molecule has 0 spiro atoms. The molecule has 1 fully saturated rings. The molecule has 1 aliphatic rings. The van der Waals surface area contributed by atoms with Gasteiger partial charge in [0.1, 0.15) is 36.8 Å². The molecule has 2 atom stereocenters. The van der Waals surface area contributed by atoms with Gasteiger partial charge in [-0.1, -0.05) is 0 Å². The van der Waals surface area contributed by atoms with Gasteiger partial charge < -0.3 is 24.7 Å². The van der Waals surface area contributed by atoms with Crippen LogP contribution in [0.3, 0.4) is 0 Å². The van der Waals surface area contributed by atoms with Crippen LogP contribution in [0, 0.1) is 5.82 Å². The minimum absolute atomic E-state index is 0.104. The Bertz CT molecular complexity index is 841. The van der Waals surface area contributed by atoms with E-state index in [0.29, 0.717) is 17.4 Å². The van der Waals surface area contributed by atoms with E-state index in [4.69, 9.17) is 9.47 Å². The number of hydrogen-bond donors (Lipinski definition) is 3. The maximum atomic E-state index is 13.7. The highest BCUT2D eigenvalue weighted by atomic mass is 19.1. The molecule has 7 nitrogen and oxygen atoms in total. The van der Waals surface area contributed by atoms with Gasteiger partial charge in [0.2, 0.25) is 5.91 Å². The van der Waals surface area contributed by atoms with Crippen molar-refractivity contribution < 1.29 is 28.4 Å². The summed E-state index contributed by atoms with van der Waals surface area (Å²) in [6.07, 6.45) is 0.612. The van der Waals surface area contributed by atoms with Crippen molar-refractivity contribution in [3.8, 4) is 0 Å². The van der Waals surface area contributed by atoms with Gasteiger partial charge in [-0.15, -0.1) is 0 Å². The number of benzene rings is 1. The third-order valence-electron chi connectivity index (χ3n) is 4.74. The Hall–Kier alpha value is -2.45. The molecule has 0 unspecified atom stereocenters. The van der Waals surface area contributed by atoms with E-state index < -0.39 is 11.8 Å². The molecule has 2 heterocycles. The second-order valence-corrected chi connectivity index (χ2v) is 7.02. The molecule has 2 aromatic rings. The van der Waals surface area contributed by atoms with Crippen LogP contribution in [0.25, 0.3) is 10.9 Å². The summed E-state index contributed by atoms with van der Waals surface area (Å²) < 4.78 is 24.1. The standard InChI is InChI=1S/C19H24FN3O4/c1-11-9-23(10-12(2)27-11)7-6-16(24)22-17-14-8-13(20)4-5-15(14)21-18(17)19(25)26-3/h4-5,8,11-12,21H,6-7,9-10H2,1-3H3,(H,22,24)/p+1/t11-,12-/m1/s1. The number of esters is 1. The van der Waals surface area contributed by atoms with Crippen LogP contribution in [0.15, 0.2) is 18.2 Å². The molecule has 0 radical (unpaired) electrons.